The number of aliphatic carboxylic acids is 1. The summed E-state index contributed by atoms with van der Waals surface area (Å²) in [6, 6.07) is 3.07. The molecule has 0 unspecified atom stereocenters. The predicted molar refractivity (Wildman–Crippen MR) is 80.6 cm³/mol. The number of furan rings is 1. The number of aryl methyl sites for hydroxylation is 1. The van der Waals surface area contributed by atoms with E-state index in [9.17, 15) is 9.59 Å². The van der Waals surface area contributed by atoms with E-state index in [0.717, 1.165) is 15.6 Å². The fraction of sp³-hybridized carbons (Fsp3) is 0.400. The predicted octanol–water partition coefficient (Wildman–Crippen LogP) is 2.89. The number of thiazole rings is 1. The Balaban J connectivity index is 2.21. The van der Waals surface area contributed by atoms with Gasteiger partial charge >= 0.3 is 11.9 Å². The normalized spacial score (nSPS) is 11.6. The van der Waals surface area contributed by atoms with E-state index in [2.05, 4.69) is 4.98 Å². The summed E-state index contributed by atoms with van der Waals surface area (Å²) in [5.74, 6) is -1.51. The number of carboxylic acids is 2. The molecule has 2 aromatic heterocycles. The Morgan fingerprint density at radius 2 is 2.00 bits per heavy atom. The van der Waals surface area contributed by atoms with Gasteiger partial charge in [-0.25, -0.2) is 9.78 Å². The van der Waals surface area contributed by atoms with Crippen molar-refractivity contribution >= 4 is 23.3 Å². The SMILES string of the molecule is Cc1nc(C(C)(C)Cc2ccc(C(=O)O)o2)sc1CC(=O)O. The van der Waals surface area contributed by atoms with Gasteiger partial charge in [0, 0.05) is 16.7 Å². The molecule has 0 aliphatic heterocycles. The molecule has 0 atom stereocenters. The van der Waals surface area contributed by atoms with E-state index in [-0.39, 0.29) is 17.6 Å². The second-order valence-corrected chi connectivity index (χ2v) is 6.81. The molecule has 0 amide bonds. The number of hydrogen-bond donors (Lipinski definition) is 2. The van der Waals surface area contributed by atoms with Crippen LogP contribution in [-0.4, -0.2) is 27.1 Å². The Kier molecular flexibility index (Phi) is 4.37. The molecule has 0 saturated heterocycles. The van der Waals surface area contributed by atoms with E-state index in [0.29, 0.717) is 12.2 Å². The minimum atomic E-state index is -1.10. The zero-order chi connectivity index (χ0) is 16.5. The second-order valence-electron chi connectivity index (χ2n) is 5.73. The van der Waals surface area contributed by atoms with E-state index < -0.39 is 11.9 Å². The summed E-state index contributed by atoms with van der Waals surface area (Å²) in [6.45, 7) is 5.74. The van der Waals surface area contributed by atoms with Crippen LogP contribution >= 0.6 is 11.3 Å². The van der Waals surface area contributed by atoms with Crippen molar-refractivity contribution in [3.8, 4) is 0 Å². The molecular formula is C15H17NO5S. The van der Waals surface area contributed by atoms with Gasteiger partial charge in [0.25, 0.3) is 0 Å². The number of aromatic nitrogens is 1. The van der Waals surface area contributed by atoms with Crippen LogP contribution in [0.3, 0.4) is 0 Å². The molecule has 0 spiro atoms. The highest BCUT2D eigenvalue weighted by Crippen LogP contribution is 2.33. The third-order valence-corrected chi connectivity index (χ3v) is 4.80. The zero-order valence-corrected chi connectivity index (χ0v) is 13.4. The van der Waals surface area contributed by atoms with Gasteiger partial charge in [0.1, 0.15) is 5.76 Å². The monoisotopic (exact) mass is 323 g/mol. The summed E-state index contributed by atoms with van der Waals surface area (Å²) < 4.78 is 5.29. The number of hydrogen-bond acceptors (Lipinski definition) is 5. The Morgan fingerprint density at radius 1 is 1.32 bits per heavy atom. The maximum absolute atomic E-state index is 10.8. The Hall–Kier alpha value is -2.15. The largest absolute Gasteiger partial charge is 0.481 e. The Morgan fingerprint density at radius 3 is 2.55 bits per heavy atom. The average Bonchev–Trinajstić information content (AvgIpc) is 2.97. The van der Waals surface area contributed by atoms with Crippen LogP contribution in [0.4, 0.5) is 0 Å². The maximum Gasteiger partial charge on any atom is 0.371 e. The highest BCUT2D eigenvalue weighted by atomic mass is 32.1. The molecule has 118 valence electrons. The van der Waals surface area contributed by atoms with Crippen molar-refractivity contribution in [3.05, 3.63) is 39.2 Å². The van der Waals surface area contributed by atoms with Crippen LogP contribution in [0.15, 0.2) is 16.5 Å². The van der Waals surface area contributed by atoms with Gasteiger partial charge in [0.2, 0.25) is 5.76 Å². The van der Waals surface area contributed by atoms with Gasteiger partial charge in [-0.3, -0.25) is 4.79 Å². The zero-order valence-electron chi connectivity index (χ0n) is 12.5. The molecule has 2 N–H and O–H groups in total. The van der Waals surface area contributed by atoms with Crippen LogP contribution in [0.25, 0.3) is 0 Å². The number of nitrogens with zero attached hydrogens (tertiary/aromatic N) is 1. The molecular weight excluding hydrogens is 306 g/mol. The highest BCUT2D eigenvalue weighted by Gasteiger charge is 2.28. The first-order valence-corrected chi connectivity index (χ1v) is 7.51. The number of carbonyl (C=O) groups is 2. The lowest BCUT2D eigenvalue weighted by Gasteiger charge is -2.20. The van der Waals surface area contributed by atoms with Crippen LogP contribution in [0.1, 0.15) is 45.7 Å². The van der Waals surface area contributed by atoms with E-state index in [4.69, 9.17) is 14.6 Å². The van der Waals surface area contributed by atoms with Crippen LogP contribution < -0.4 is 0 Å². The van der Waals surface area contributed by atoms with Gasteiger partial charge < -0.3 is 14.6 Å². The fourth-order valence-electron chi connectivity index (χ4n) is 2.12. The van der Waals surface area contributed by atoms with Gasteiger partial charge in [-0.15, -0.1) is 11.3 Å². The summed E-state index contributed by atoms with van der Waals surface area (Å²) in [5, 5.41) is 18.6. The molecule has 2 rings (SSSR count). The average molecular weight is 323 g/mol. The molecule has 22 heavy (non-hydrogen) atoms. The molecule has 7 heteroatoms. The van der Waals surface area contributed by atoms with Crippen molar-refractivity contribution in [2.24, 2.45) is 0 Å². The Labute approximate surface area is 131 Å². The van der Waals surface area contributed by atoms with Crippen molar-refractivity contribution in [1.82, 2.24) is 4.98 Å². The molecule has 2 aromatic rings. The van der Waals surface area contributed by atoms with Gasteiger partial charge in [0.05, 0.1) is 17.1 Å². The first-order valence-electron chi connectivity index (χ1n) is 6.69. The topological polar surface area (TPSA) is 101 Å². The molecule has 0 aliphatic carbocycles. The molecule has 2 heterocycles. The lowest BCUT2D eigenvalue weighted by atomic mass is 9.89. The van der Waals surface area contributed by atoms with Crippen LogP contribution in [0.5, 0.6) is 0 Å². The summed E-state index contributed by atoms with van der Waals surface area (Å²) in [7, 11) is 0. The minimum Gasteiger partial charge on any atom is -0.481 e. The van der Waals surface area contributed by atoms with E-state index in [1.54, 1.807) is 13.0 Å². The number of carboxylic acid groups (broad SMARTS) is 2. The van der Waals surface area contributed by atoms with Crippen LogP contribution in [-0.2, 0) is 23.1 Å². The van der Waals surface area contributed by atoms with E-state index in [1.807, 2.05) is 13.8 Å². The van der Waals surface area contributed by atoms with Gasteiger partial charge in [-0.05, 0) is 19.1 Å². The molecule has 0 fully saturated rings. The summed E-state index contributed by atoms with van der Waals surface area (Å²) >= 11 is 1.38. The summed E-state index contributed by atoms with van der Waals surface area (Å²) in [6.07, 6.45) is 0.448. The lowest BCUT2D eigenvalue weighted by molar-refractivity contribution is -0.136. The van der Waals surface area contributed by atoms with Gasteiger partial charge in [0.15, 0.2) is 0 Å². The van der Waals surface area contributed by atoms with Gasteiger partial charge in [-0.1, -0.05) is 13.8 Å². The molecule has 0 saturated carbocycles. The number of aromatic carboxylic acids is 1. The van der Waals surface area contributed by atoms with Crippen molar-refractivity contribution in [2.45, 2.75) is 39.0 Å². The fourth-order valence-corrected chi connectivity index (χ4v) is 3.27. The summed E-state index contributed by atoms with van der Waals surface area (Å²) in [5.41, 5.74) is 0.348. The molecule has 6 nitrogen and oxygen atoms in total. The summed E-state index contributed by atoms with van der Waals surface area (Å²) in [4.78, 5) is 26.9. The first kappa shape index (κ1) is 16.2. The third kappa shape index (κ3) is 3.54. The van der Waals surface area contributed by atoms with Crippen LogP contribution in [0.2, 0.25) is 0 Å². The lowest BCUT2D eigenvalue weighted by Crippen LogP contribution is -2.20. The standard InChI is InChI=1S/C15H17NO5S/c1-8-11(6-12(17)18)22-14(16-8)15(2,3)7-9-4-5-10(21-9)13(19)20/h4-5H,6-7H2,1-3H3,(H,17,18)(H,19,20). The van der Waals surface area contributed by atoms with Crippen molar-refractivity contribution in [3.63, 3.8) is 0 Å². The maximum atomic E-state index is 10.8. The first-order chi connectivity index (χ1) is 10.2. The van der Waals surface area contributed by atoms with Gasteiger partial charge in [-0.2, -0.15) is 0 Å². The molecule has 0 aliphatic rings. The van der Waals surface area contributed by atoms with Crippen LogP contribution in [0, 0.1) is 6.92 Å². The number of rotatable bonds is 6. The second kappa shape index (κ2) is 5.92. The highest BCUT2D eigenvalue weighted by molar-refractivity contribution is 7.12. The minimum absolute atomic E-state index is 0.0382. The third-order valence-electron chi connectivity index (χ3n) is 3.27. The molecule has 0 radical (unpaired) electrons. The molecule has 0 aromatic carbocycles. The Bertz CT molecular complexity index is 713. The van der Waals surface area contributed by atoms with E-state index in [1.165, 1.54) is 17.4 Å². The molecule has 0 bridgehead atoms. The van der Waals surface area contributed by atoms with Crippen molar-refractivity contribution < 1.29 is 24.2 Å². The smallest absolute Gasteiger partial charge is 0.371 e. The van der Waals surface area contributed by atoms with E-state index >= 15 is 0 Å². The van der Waals surface area contributed by atoms with Crippen molar-refractivity contribution in [1.29, 1.82) is 0 Å². The quantitative estimate of drug-likeness (QED) is 0.847. The van der Waals surface area contributed by atoms with Crippen molar-refractivity contribution in [2.75, 3.05) is 0 Å².